The van der Waals surface area contributed by atoms with Crippen molar-refractivity contribution in [1.29, 1.82) is 0 Å². The number of aromatic nitrogens is 4. The Hall–Kier alpha value is -3.45. The van der Waals surface area contributed by atoms with Crippen LogP contribution in [0, 0.1) is 6.92 Å². The molecule has 0 aliphatic carbocycles. The average molecular weight is 417 g/mol. The van der Waals surface area contributed by atoms with Gasteiger partial charge in [-0.05, 0) is 42.8 Å². The number of Topliss-reactive ketones (excluding diaryl/α,β-unsaturated/α-hetero) is 1. The molecule has 0 fully saturated rings. The summed E-state index contributed by atoms with van der Waals surface area (Å²) in [6, 6.07) is 19.1. The molecule has 2 aromatic heterocycles. The number of benzene rings is 2. The van der Waals surface area contributed by atoms with Crippen LogP contribution in [0.25, 0.3) is 17.1 Å². The second-order valence-corrected chi connectivity index (χ2v) is 7.52. The molecule has 0 aliphatic rings. The number of ether oxygens (including phenoxy) is 1. The molecule has 0 amide bonds. The monoisotopic (exact) mass is 416 g/mol. The molecule has 7 heteroatoms. The highest BCUT2D eigenvalue weighted by Crippen LogP contribution is 2.30. The average Bonchev–Trinajstić information content (AvgIpc) is 3.22. The van der Waals surface area contributed by atoms with E-state index in [9.17, 15) is 4.79 Å². The van der Waals surface area contributed by atoms with Crippen LogP contribution in [0.2, 0.25) is 0 Å². The predicted molar refractivity (Wildman–Crippen MR) is 117 cm³/mol. The number of methoxy groups -OCH3 is 1. The molecule has 4 rings (SSSR count). The lowest BCUT2D eigenvalue weighted by molar-refractivity contribution is 0.101. The number of carbonyl (C=O) groups is 1. The van der Waals surface area contributed by atoms with Crippen LogP contribution in [0.5, 0.6) is 5.75 Å². The fraction of sp³-hybridized carbons (Fsp3) is 0.130. The van der Waals surface area contributed by atoms with Crippen molar-refractivity contribution < 1.29 is 9.53 Å². The van der Waals surface area contributed by atoms with Crippen molar-refractivity contribution in [2.75, 3.05) is 12.9 Å². The molecule has 0 aliphatic heterocycles. The Morgan fingerprint density at radius 2 is 1.73 bits per heavy atom. The summed E-state index contributed by atoms with van der Waals surface area (Å²) in [5.74, 6) is 1.47. The van der Waals surface area contributed by atoms with Crippen LogP contribution in [-0.2, 0) is 0 Å². The SMILES string of the molecule is COc1ccccc1C(=O)CSc1nnc(-c2ccncc2)n1-c1ccccc1C. The van der Waals surface area contributed by atoms with Gasteiger partial charge in [-0.25, -0.2) is 0 Å². The van der Waals surface area contributed by atoms with Gasteiger partial charge >= 0.3 is 0 Å². The van der Waals surface area contributed by atoms with E-state index in [1.165, 1.54) is 11.8 Å². The van der Waals surface area contributed by atoms with Crippen LogP contribution in [-0.4, -0.2) is 38.4 Å². The van der Waals surface area contributed by atoms with Gasteiger partial charge in [0.15, 0.2) is 16.8 Å². The molecule has 6 nitrogen and oxygen atoms in total. The molecule has 2 heterocycles. The summed E-state index contributed by atoms with van der Waals surface area (Å²) in [6.07, 6.45) is 3.45. The minimum Gasteiger partial charge on any atom is -0.496 e. The number of hydrogen-bond donors (Lipinski definition) is 0. The number of pyridine rings is 1. The third kappa shape index (κ3) is 3.97. The fourth-order valence-corrected chi connectivity index (χ4v) is 3.99. The first-order valence-corrected chi connectivity index (χ1v) is 10.4. The van der Waals surface area contributed by atoms with E-state index in [4.69, 9.17) is 4.74 Å². The Balaban J connectivity index is 1.69. The molecule has 0 atom stereocenters. The maximum atomic E-state index is 12.8. The van der Waals surface area contributed by atoms with Crippen molar-refractivity contribution in [1.82, 2.24) is 19.7 Å². The normalized spacial score (nSPS) is 10.7. The zero-order chi connectivity index (χ0) is 20.9. The zero-order valence-corrected chi connectivity index (χ0v) is 17.5. The Labute approximate surface area is 179 Å². The van der Waals surface area contributed by atoms with Crippen LogP contribution in [0.3, 0.4) is 0 Å². The zero-order valence-electron chi connectivity index (χ0n) is 16.6. The van der Waals surface area contributed by atoms with E-state index in [1.807, 2.05) is 60.0 Å². The van der Waals surface area contributed by atoms with Gasteiger partial charge in [-0.1, -0.05) is 42.1 Å². The lowest BCUT2D eigenvalue weighted by Gasteiger charge is -2.13. The number of hydrogen-bond acceptors (Lipinski definition) is 6. The molecular weight excluding hydrogens is 396 g/mol. The highest BCUT2D eigenvalue weighted by atomic mass is 32.2. The summed E-state index contributed by atoms with van der Waals surface area (Å²) in [4.78, 5) is 16.9. The summed E-state index contributed by atoms with van der Waals surface area (Å²) in [5.41, 5.74) is 3.53. The topological polar surface area (TPSA) is 69.9 Å². The van der Waals surface area contributed by atoms with Gasteiger partial charge in [-0.2, -0.15) is 0 Å². The van der Waals surface area contributed by atoms with E-state index in [1.54, 1.807) is 31.6 Å². The lowest BCUT2D eigenvalue weighted by Crippen LogP contribution is -2.07. The van der Waals surface area contributed by atoms with Gasteiger partial charge in [0.2, 0.25) is 0 Å². The van der Waals surface area contributed by atoms with Crippen molar-refractivity contribution in [3.63, 3.8) is 0 Å². The van der Waals surface area contributed by atoms with E-state index < -0.39 is 0 Å². The second-order valence-electron chi connectivity index (χ2n) is 6.58. The predicted octanol–water partition coefficient (Wildman–Crippen LogP) is 4.62. The highest BCUT2D eigenvalue weighted by Gasteiger charge is 2.19. The Morgan fingerprint density at radius 3 is 2.50 bits per heavy atom. The van der Waals surface area contributed by atoms with Gasteiger partial charge in [0.25, 0.3) is 0 Å². The molecule has 4 aromatic rings. The molecule has 0 N–H and O–H groups in total. The van der Waals surface area contributed by atoms with Crippen LogP contribution in [0.1, 0.15) is 15.9 Å². The number of para-hydroxylation sites is 2. The molecule has 0 spiro atoms. The number of carbonyl (C=O) groups excluding carboxylic acids is 1. The lowest BCUT2D eigenvalue weighted by atomic mass is 10.1. The summed E-state index contributed by atoms with van der Waals surface area (Å²) in [5, 5.41) is 9.46. The molecule has 0 radical (unpaired) electrons. The third-order valence-corrected chi connectivity index (χ3v) is 5.60. The first kappa shape index (κ1) is 19.8. The Morgan fingerprint density at radius 1 is 1.00 bits per heavy atom. The van der Waals surface area contributed by atoms with Crippen molar-refractivity contribution in [2.24, 2.45) is 0 Å². The number of nitrogens with zero attached hydrogens (tertiary/aromatic N) is 4. The maximum absolute atomic E-state index is 12.8. The molecule has 0 unspecified atom stereocenters. The van der Waals surface area contributed by atoms with Crippen molar-refractivity contribution in [3.05, 3.63) is 84.2 Å². The Kier molecular flexibility index (Phi) is 5.90. The molecule has 2 aromatic carbocycles. The first-order chi connectivity index (χ1) is 14.7. The van der Waals surface area contributed by atoms with E-state index in [2.05, 4.69) is 15.2 Å². The van der Waals surface area contributed by atoms with Crippen LogP contribution in [0.4, 0.5) is 0 Å². The van der Waals surface area contributed by atoms with Crippen LogP contribution in [0.15, 0.2) is 78.2 Å². The van der Waals surface area contributed by atoms with Crippen LogP contribution >= 0.6 is 11.8 Å². The number of aryl methyl sites for hydroxylation is 1. The minimum atomic E-state index is -0.0257. The van der Waals surface area contributed by atoms with Crippen molar-refractivity contribution in [2.45, 2.75) is 12.1 Å². The second kappa shape index (κ2) is 8.92. The van der Waals surface area contributed by atoms with Gasteiger partial charge in [-0.15, -0.1) is 10.2 Å². The van der Waals surface area contributed by atoms with E-state index >= 15 is 0 Å². The standard InChI is InChI=1S/C23H20N4O2S/c1-16-7-3-5-9-19(16)27-22(17-11-13-24-14-12-17)25-26-23(27)30-15-20(28)18-8-4-6-10-21(18)29-2/h3-14H,15H2,1-2H3. The largest absolute Gasteiger partial charge is 0.496 e. The van der Waals surface area contributed by atoms with Crippen molar-refractivity contribution >= 4 is 17.5 Å². The molecule has 0 saturated carbocycles. The van der Waals surface area contributed by atoms with Crippen LogP contribution < -0.4 is 4.74 Å². The molecule has 30 heavy (non-hydrogen) atoms. The molecular formula is C23H20N4O2S. The van der Waals surface area contributed by atoms with Gasteiger partial charge < -0.3 is 4.74 Å². The smallest absolute Gasteiger partial charge is 0.196 e. The van der Waals surface area contributed by atoms with E-state index in [0.29, 0.717) is 22.3 Å². The van der Waals surface area contributed by atoms with Crippen molar-refractivity contribution in [3.8, 4) is 22.8 Å². The first-order valence-electron chi connectivity index (χ1n) is 9.40. The summed E-state index contributed by atoms with van der Waals surface area (Å²) in [6.45, 7) is 2.04. The van der Waals surface area contributed by atoms with Gasteiger partial charge in [0.05, 0.1) is 24.1 Å². The number of ketones is 1. The maximum Gasteiger partial charge on any atom is 0.196 e. The van der Waals surface area contributed by atoms with Gasteiger partial charge in [0, 0.05) is 18.0 Å². The Bertz CT molecular complexity index is 1170. The van der Waals surface area contributed by atoms with E-state index in [-0.39, 0.29) is 11.5 Å². The minimum absolute atomic E-state index is 0.0257. The highest BCUT2D eigenvalue weighted by molar-refractivity contribution is 7.99. The van der Waals surface area contributed by atoms with Gasteiger partial charge in [-0.3, -0.25) is 14.3 Å². The summed E-state index contributed by atoms with van der Waals surface area (Å²) >= 11 is 1.36. The fourth-order valence-electron chi connectivity index (χ4n) is 3.17. The summed E-state index contributed by atoms with van der Waals surface area (Å²) < 4.78 is 7.31. The quantitative estimate of drug-likeness (QED) is 0.323. The molecule has 150 valence electrons. The number of rotatable bonds is 7. The number of thioether (sulfide) groups is 1. The summed E-state index contributed by atoms with van der Waals surface area (Å²) in [7, 11) is 1.56. The van der Waals surface area contributed by atoms with E-state index in [0.717, 1.165) is 16.8 Å². The molecule has 0 saturated heterocycles. The third-order valence-electron chi connectivity index (χ3n) is 4.67. The van der Waals surface area contributed by atoms with Gasteiger partial charge in [0.1, 0.15) is 5.75 Å². The molecule has 0 bridgehead atoms.